The van der Waals surface area contributed by atoms with Crippen LogP contribution in [-0.2, 0) is 10.8 Å². The molecule has 2 rings (SSSR count). The summed E-state index contributed by atoms with van der Waals surface area (Å²) in [6.45, 7) is 6.93. The van der Waals surface area contributed by atoms with Gasteiger partial charge in [0.05, 0.1) is 10.8 Å². The topological polar surface area (TPSA) is 17.1 Å². The van der Waals surface area contributed by atoms with Crippen molar-refractivity contribution in [3.05, 3.63) is 58.2 Å². The molecule has 2 aromatic rings. The van der Waals surface area contributed by atoms with Gasteiger partial charge in [0, 0.05) is 9.79 Å². The van der Waals surface area contributed by atoms with Gasteiger partial charge in [0.25, 0.3) is 0 Å². The van der Waals surface area contributed by atoms with E-state index in [4.69, 9.17) is 0 Å². The van der Waals surface area contributed by atoms with Gasteiger partial charge in [-0.2, -0.15) is 0 Å². The van der Waals surface area contributed by atoms with Crippen molar-refractivity contribution in [2.24, 2.45) is 0 Å². The summed E-state index contributed by atoms with van der Waals surface area (Å²) in [4.78, 5) is 1.20. The first-order valence-electron chi connectivity index (χ1n) is 6.26. The van der Waals surface area contributed by atoms with Crippen molar-refractivity contribution in [2.45, 2.75) is 37.5 Å². The van der Waals surface area contributed by atoms with Crippen LogP contribution < -0.4 is 0 Å². The van der Waals surface area contributed by atoms with E-state index in [1.807, 2.05) is 0 Å². The predicted molar refractivity (Wildman–Crippen MR) is 76.4 cm³/mol. The Morgan fingerprint density at radius 1 is 0.700 bits per heavy atom. The fourth-order valence-corrected chi connectivity index (χ4v) is 4.09. The summed E-state index contributed by atoms with van der Waals surface area (Å²) in [5.41, 5.74) is 2.57. The highest BCUT2D eigenvalue weighted by atomic mass is 32.2. The molecule has 20 heavy (non-hydrogen) atoms. The van der Waals surface area contributed by atoms with E-state index < -0.39 is 10.8 Å². The van der Waals surface area contributed by atoms with E-state index in [1.54, 1.807) is 27.7 Å². The number of hydrogen-bond acceptors (Lipinski definition) is 1. The van der Waals surface area contributed by atoms with Gasteiger partial charge < -0.3 is 0 Å². The molecule has 0 bridgehead atoms. The second kappa shape index (κ2) is 5.44. The lowest BCUT2D eigenvalue weighted by Gasteiger charge is -2.14. The Kier molecular flexibility index (Phi) is 4.04. The molecular formula is C16H16F2OS. The van der Waals surface area contributed by atoms with Gasteiger partial charge in [-0.25, -0.2) is 13.0 Å². The van der Waals surface area contributed by atoms with Crippen LogP contribution in [-0.4, -0.2) is 4.21 Å². The summed E-state index contributed by atoms with van der Waals surface area (Å²) in [5.74, 6) is -0.679. The average molecular weight is 294 g/mol. The zero-order chi connectivity index (χ0) is 15.0. The lowest BCUT2D eigenvalue weighted by Crippen LogP contribution is -2.04. The van der Waals surface area contributed by atoms with Gasteiger partial charge in [-0.05, 0) is 74.2 Å². The molecule has 0 aromatic heterocycles. The highest BCUT2D eigenvalue weighted by molar-refractivity contribution is 7.85. The number of aryl methyl sites for hydroxylation is 4. The maximum Gasteiger partial charge on any atom is 0.123 e. The van der Waals surface area contributed by atoms with Crippen molar-refractivity contribution in [1.29, 1.82) is 0 Å². The Morgan fingerprint density at radius 2 is 0.950 bits per heavy atom. The van der Waals surface area contributed by atoms with Gasteiger partial charge in [0.2, 0.25) is 0 Å². The molecule has 0 aliphatic carbocycles. The molecule has 0 unspecified atom stereocenters. The maximum absolute atomic E-state index is 13.3. The molecule has 0 aliphatic heterocycles. The second-order valence-electron chi connectivity index (χ2n) is 5.01. The largest absolute Gasteiger partial charge is 0.249 e. The number of rotatable bonds is 2. The molecule has 0 spiro atoms. The van der Waals surface area contributed by atoms with E-state index in [0.717, 1.165) is 0 Å². The summed E-state index contributed by atoms with van der Waals surface area (Å²) in [6.07, 6.45) is 0. The van der Waals surface area contributed by atoms with Crippen molar-refractivity contribution in [2.75, 3.05) is 0 Å². The van der Waals surface area contributed by atoms with Crippen LogP contribution in [0, 0.1) is 39.3 Å². The van der Waals surface area contributed by atoms with E-state index in [2.05, 4.69) is 0 Å². The van der Waals surface area contributed by atoms with E-state index >= 15 is 0 Å². The minimum absolute atomic E-state index is 0.340. The summed E-state index contributed by atoms with van der Waals surface area (Å²) in [6, 6.07) is 5.48. The van der Waals surface area contributed by atoms with E-state index in [0.29, 0.717) is 32.0 Å². The molecule has 0 aliphatic rings. The van der Waals surface area contributed by atoms with Gasteiger partial charge in [0.1, 0.15) is 11.6 Å². The summed E-state index contributed by atoms with van der Waals surface area (Å²) >= 11 is 0. The Morgan fingerprint density at radius 3 is 1.20 bits per heavy atom. The number of hydrogen-bond donors (Lipinski definition) is 0. The minimum atomic E-state index is -1.44. The molecular weight excluding hydrogens is 278 g/mol. The van der Waals surface area contributed by atoms with E-state index in [-0.39, 0.29) is 11.6 Å². The van der Waals surface area contributed by atoms with Gasteiger partial charge >= 0.3 is 0 Å². The SMILES string of the molecule is Cc1cc(F)cc(C)c1S(=O)c1c(C)cc(F)cc1C. The summed E-state index contributed by atoms with van der Waals surface area (Å²) in [5, 5.41) is 0. The third kappa shape index (κ3) is 2.66. The first-order valence-corrected chi connectivity index (χ1v) is 7.41. The van der Waals surface area contributed by atoms with Crippen molar-refractivity contribution in [3.63, 3.8) is 0 Å². The normalized spacial score (nSPS) is 11.2. The monoisotopic (exact) mass is 294 g/mol. The zero-order valence-corrected chi connectivity index (χ0v) is 12.7. The van der Waals surface area contributed by atoms with Crippen LogP contribution in [0.4, 0.5) is 8.78 Å². The molecule has 2 aromatic carbocycles. The molecule has 1 nitrogen and oxygen atoms in total. The Hall–Kier alpha value is -1.55. The molecule has 106 valence electrons. The highest BCUT2D eigenvalue weighted by Crippen LogP contribution is 2.29. The van der Waals surface area contributed by atoms with Crippen LogP contribution in [0.25, 0.3) is 0 Å². The third-order valence-corrected chi connectivity index (χ3v) is 5.25. The molecule has 0 heterocycles. The van der Waals surface area contributed by atoms with Gasteiger partial charge in [-0.15, -0.1) is 0 Å². The average Bonchev–Trinajstić information content (AvgIpc) is 2.25. The fraction of sp³-hybridized carbons (Fsp3) is 0.250. The summed E-state index contributed by atoms with van der Waals surface area (Å²) < 4.78 is 39.5. The van der Waals surface area contributed by atoms with Crippen LogP contribution >= 0.6 is 0 Å². The van der Waals surface area contributed by atoms with Crippen molar-refractivity contribution >= 4 is 10.8 Å². The second-order valence-corrected chi connectivity index (χ2v) is 6.36. The van der Waals surface area contributed by atoms with E-state index in [1.165, 1.54) is 24.3 Å². The maximum atomic E-state index is 13.3. The van der Waals surface area contributed by atoms with Gasteiger partial charge in [-0.3, -0.25) is 0 Å². The van der Waals surface area contributed by atoms with Gasteiger partial charge in [0.15, 0.2) is 0 Å². The molecule has 0 amide bonds. The minimum Gasteiger partial charge on any atom is -0.249 e. The third-order valence-electron chi connectivity index (χ3n) is 3.22. The van der Waals surface area contributed by atoms with Crippen molar-refractivity contribution < 1.29 is 13.0 Å². The van der Waals surface area contributed by atoms with Crippen molar-refractivity contribution in [3.8, 4) is 0 Å². The van der Waals surface area contributed by atoms with Crippen LogP contribution in [0.1, 0.15) is 22.3 Å². The smallest absolute Gasteiger partial charge is 0.123 e. The molecule has 0 saturated heterocycles. The number of halogens is 2. The number of benzene rings is 2. The van der Waals surface area contributed by atoms with Crippen LogP contribution in [0.15, 0.2) is 34.1 Å². The molecule has 0 atom stereocenters. The predicted octanol–water partition coefficient (Wildman–Crippen LogP) is 4.37. The Labute approximate surface area is 120 Å². The standard InChI is InChI=1S/C16H16F2OS/c1-9-5-13(17)6-10(2)15(9)20(19)16-11(3)7-14(18)8-12(16)4/h5-8H,1-4H3. The first kappa shape index (κ1) is 14.9. The molecule has 0 N–H and O–H groups in total. The quantitative estimate of drug-likeness (QED) is 0.804. The first-order chi connectivity index (χ1) is 9.31. The zero-order valence-electron chi connectivity index (χ0n) is 11.9. The van der Waals surface area contributed by atoms with E-state index in [9.17, 15) is 13.0 Å². The van der Waals surface area contributed by atoms with Crippen molar-refractivity contribution in [1.82, 2.24) is 0 Å². The van der Waals surface area contributed by atoms with Gasteiger partial charge in [-0.1, -0.05) is 0 Å². The molecule has 0 saturated carbocycles. The van der Waals surface area contributed by atoms with Crippen LogP contribution in [0.5, 0.6) is 0 Å². The Bertz CT molecular complexity index is 602. The lowest BCUT2D eigenvalue weighted by molar-refractivity contribution is 0.622. The highest BCUT2D eigenvalue weighted by Gasteiger charge is 2.18. The molecule has 0 radical (unpaired) electrons. The lowest BCUT2D eigenvalue weighted by atomic mass is 10.1. The van der Waals surface area contributed by atoms with Crippen LogP contribution in [0.3, 0.4) is 0 Å². The Balaban J connectivity index is 2.64. The summed E-state index contributed by atoms with van der Waals surface area (Å²) in [7, 11) is -1.44. The molecule has 0 fully saturated rings. The molecule has 4 heteroatoms. The fourth-order valence-electron chi connectivity index (χ4n) is 2.48. The van der Waals surface area contributed by atoms with Crippen LogP contribution in [0.2, 0.25) is 0 Å².